The van der Waals surface area contributed by atoms with Gasteiger partial charge in [0.15, 0.2) is 10.9 Å². The van der Waals surface area contributed by atoms with E-state index in [4.69, 9.17) is 0 Å². The van der Waals surface area contributed by atoms with Crippen molar-refractivity contribution in [1.82, 2.24) is 9.88 Å². The van der Waals surface area contributed by atoms with E-state index in [1.54, 1.807) is 11.0 Å². The molecule has 0 spiro atoms. The topological polar surface area (TPSA) is 36.4 Å². The number of thiazole rings is 1. The summed E-state index contributed by atoms with van der Waals surface area (Å²) in [6.45, 7) is 6.92. The van der Waals surface area contributed by atoms with Gasteiger partial charge in [-0.1, -0.05) is 25.2 Å². The zero-order chi connectivity index (χ0) is 19.6. The van der Waals surface area contributed by atoms with Crippen LogP contribution >= 0.6 is 38.6 Å². The van der Waals surface area contributed by atoms with Crippen LogP contribution in [0.25, 0.3) is 10.2 Å². The van der Waals surface area contributed by atoms with Gasteiger partial charge >= 0.3 is 0 Å². The predicted molar refractivity (Wildman–Crippen MR) is 111 cm³/mol. The molecule has 0 aliphatic heterocycles. The number of thiophene rings is 1. The van der Waals surface area contributed by atoms with E-state index in [0.717, 1.165) is 34.3 Å². The maximum atomic E-state index is 14.1. The molecule has 3 rings (SSSR count). The summed E-state index contributed by atoms with van der Waals surface area (Å²) < 4.78 is 28.8. The smallest absolute Gasteiger partial charge is 0.270 e. The Balaban J connectivity index is 1.98. The standard InChI is InChI=1S/C18H18BrF2N3OS2/c1-3-23(4-2)7-8-24(17(25)13-5-6-15(19)26-13)18-22-16-12(21)9-11(20)10-14(16)27-18/h5-6,9-10H,3-4,7-8H2,1-2H3. The summed E-state index contributed by atoms with van der Waals surface area (Å²) in [6.07, 6.45) is 0. The Hall–Kier alpha value is -1.42. The molecule has 1 aromatic carbocycles. The minimum absolute atomic E-state index is 0.0874. The highest BCUT2D eigenvalue weighted by Crippen LogP contribution is 2.33. The van der Waals surface area contributed by atoms with Crippen LogP contribution in [-0.2, 0) is 0 Å². The quantitative estimate of drug-likeness (QED) is 0.461. The van der Waals surface area contributed by atoms with Gasteiger partial charge in [0.1, 0.15) is 11.3 Å². The lowest BCUT2D eigenvalue weighted by Gasteiger charge is -2.24. The Morgan fingerprint density at radius 3 is 2.52 bits per heavy atom. The third kappa shape index (κ3) is 4.53. The SMILES string of the molecule is CCN(CC)CCN(C(=O)c1ccc(Br)s1)c1nc2c(F)cc(F)cc2s1. The third-order valence-corrected chi connectivity index (χ3v) is 6.83. The molecular formula is C18H18BrF2N3OS2. The maximum Gasteiger partial charge on any atom is 0.270 e. The normalized spacial score (nSPS) is 11.5. The van der Waals surface area contributed by atoms with Crippen molar-refractivity contribution in [3.63, 3.8) is 0 Å². The van der Waals surface area contributed by atoms with Crippen molar-refractivity contribution in [3.8, 4) is 0 Å². The highest BCUT2D eigenvalue weighted by molar-refractivity contribution is 9.11. The Labute approximate surface area is 172 Å². The number of hydrogen-bond donors (Lipinski definition) is 0. The lowest BCUT2D eigenvalue weighted by Crippen LogP contribution is -2.38. The number of carbonyl (C=O) groups excluding carboxylic acids is 1. The molecule has 0 aliphatic rings. The first-order valence-electron chi connectivity index (χ1n) is 8.48. The summed E-state index contributed by atoms with van der Waals surface area (Å²) in [6, 6.07) is 5.61. The van der Waals surface area contributed by atoms with Gasteiger partial charge in [0.2, 0.25) is 0 Å². The van der Waals surface area contributed by atoms with E-state index < -0.39 is 11.6 Å². The van der Waals surface area contributed by atoms with Crippen LogP contribution in [0.15, 0.2) is 28.1 Å². The molecule has 2 aromatic heterocycles. The zero-order valence-electron chi connectivity index (χ0n) is 14.8. The molecule has 0 saturated heterocycles. The molecule has 3 aromatic rings. The molecule has 4 nitrogen and oxygen atoms in total. The molecule has 0 unspecified atom stereocenters. The Bertz CT molecular complexity index is 955. The Kier molecular flexibility index (Phi) is 6.56. The van der Waals surface area contributed by atoms with E-state index in [-0.39, 0.29) is 11.4 Å². The highest BCUT2D eigenvalue weighted by atomic mass is 79.9. The summed E-state index contributed by atoms with van der Waals surface area (Å²) in [5.74, 6) is -1.57. The lowest BCUT2D eigenvalue weighted by molar-refractivity contribution is 0.0987. The summed E-state index contributed by atoms with van der Waals surface area (Å²) in [5.41, 5.74) is 0.0874. The number of nitrogens with zero attached hydrogens (tertiary/aromatic N) is 3. The van der Waals surface area contributed by atoms with Crippen LogP contribution in [0, 0.1) is 11.6 Å². The molecule has 0 N–H and O–H groups in total. The van der Waals surface area contributed by atoms with E-state index in [1.165, 1.54) is 17.4 Å². The van der Waals surface area contributed by atoms with Crippen LogP contribution in [0.5, 0.6) is 0 Å². The van der Waals surface area contributed by atoms with Crippen LogP contribution in [0.1, 0.15) is 23.5 Å². The highest BCUT2D eigenvalue weighted by Gasteiger charge is 2.24. The number of fused-ring (bicyclic) bond motifs is 1. The summed E-state index contributed by atoms with van der Waals surface area (Å²) in [7, 11) is 0. The van der Waals surface area contributed by atoms with E-state index in [2.05, 4.69) is 39.7 Å². The molecule has 27 heavy (non-hydrogen) atoms. The Morgan fingerprint density at radius 1 is 1.15 bits per heavy atom. The number of halogens is 3. The average molecular weight is 474 g/mol. The maximum absolute atomic E-state index is 14.1. The van der Waals surface area contributed by atoms with Gasteiger partial charge in [0.25, 0.3) is 5.91 Å². The molecule has 144 valence electrons. The number of benzene rings is 1. The second-order valence-corrected chi connectivity index (χ2v) is 9.29. The van der Waals surface area contributed by atoms with Gasteiger partial charge in [-0.3, -0.25) is 9.69 Å². The molecule has 0 bridgehead atoms. The van der Waals surface area contributed by atoms with Crippen LogP contribution in [0.2, 0.25) is 0 Å². The first-order chi connectivity index (χ1) is 12.9. The van der Waals surface area contributed by atoms with Gasteiger partial charge in [0.05, 0.1) is 13.4 Å². The third-order valence-electron chi connectivity index (χ3n) is 4.20. The van der Waals surface area contributed by atoms with Crippen molar-refractivity contribution >= 4 is 59.9 Å². The van der Waals surface area contributed by atoms with Crippen molar-refractivity contribution in [1.29, 1.82) is 0 Å². The fourth-order valence-corrected chi connectivity index (χ4v) is 5.05. The van der Waals surface area contributed by atoms with Gasteiger partial charge in [-0.05, 0) is 47.2 Å². The van der Waals surface area contributed by atoms with Crippen molar-refractivity contribution in [2.75, 3.05) is 31.1 Å². The van der Waals surface area contributed by atoms with Gasteiger partial charge in [-0.2, -0.15) is 0 Å². The zero-order valence-corrected chi connectivity index (χ0v) is 18.1. The molecule has 0 radical (unpaired) electrons. The monoisotopic (exact) mass is 473 g/mol. The molecule has 0 atom stereocenters. The van der Waals surface area contributed by atoms with E-state index in [0.29, 0.717) is 27.8 Å². The largest absolute Gasteiger partial charge is 0.302 e. The number of anilines is 1. The summed E-state index contributed by atoms with van der Waals surface area (Å²) in [4.78, 5) is 21.7. The van der Waals surface area contributed by atoms with Crippen LogP contribution in [-0.4, -0.2) is 42.0 Å². The minimum atomic E-state index is -0.720. The molecule has 0 fully saturated rings. The number of amides is 1. The van der Waals surface area contributed by atoms with Crippen molar-refractivity contribution in [2.24, 2.45) is 0 Å². The first-order valence-corrected chi connectivity index (χ1v) is 10.9. The number of rotatable bonds is 7. The van der Waals surface area contributed by atoms with Crippen molar-refractivity contribution in [3.05, 3.63) is 44.6 Å². The molecule has 2 heterocycles. The van der Waals surface area contributed by atoms with E-state index in [9.17, 15) is 13.6 Å². The van der Waals surface area contributed by atoms with Crippen LogP contribution in [0.3, 0.4) is 0 Å². The van der Waals surface area contributed by atoms with E-state index >= 15 is 0 Å². The molecular weight excluding hydrogens is 456 g/mol. The van der Waals surface area contributed by atoms with Gasteiger partial charge in [-0.15, -0.1) is 11.3 Å². The first kappa shape index (κ1) is 20.3. The minimum Gasteiger partial charge on any atom is -0.302 e. The average Bonchev–Trinajstić information content (AvgIpc) is 3.25. The van der Waals surface area contributed by atoms with E-state index in [1.807, 2.05) is 6.07 Å². The fourth-order valence-electron chi connectivity index (χ4n) is 2.69. The van der Waals surface area contributed by atoms with Crippen molar-refractivity contribution < 1.29 is 13.6 Å². The summed E-state index contributed by atoms with van der Waals surface area (Å²) >= 11 is 5.82. The Morgan fingerprint density at radius 2 is 1.89 bits per heavy atom. The number of aromatic nitrogens is 1. The van der Waals surface area contributed by atoms with Gasteiger partial charge in [-0.25, -0.2) is 13.8 Å². The van der Waals surface area contributed by atoms with Crippen LogP contribution in [0.4, 0.5) is 13.9 Å². The predicted octanol–water partition coefficient (Wildman–Crippen LogP) is 5.39. The van der Waals surface area contributed by atoms with Crippen molar-refractivity contribution in [2.45, 2.75) is 13.8 Å². The molecule has 1 amide bonds. The lowest BCUT2D eigenvalue weighted by atomic mass is 10.3. The van der Waals surface area contributed by atoms with Gasteiger partial charge in [0, 0.05) is 19.2 Å². The van der Waals surface area contributed by atoms with Gasteiger partial charge < -0.3 is 4.90 Å². The second kappa shape index (κ2) is 8.72. The van der Waals surface area contributed by atoms with Crippen LogP contribution < -0.4 is 4.90 Å². The number of carbonyl (C=O) groups is 1. The molecule has 0 saturated carbocycles. The number of hydrogen-bond acceptors (Lipinski definition) is 5. The molecule has 0 aliphatic carbocycles. The molecule has 9 heteroatoms. The number of likely N-dealkylation sites (N-methyl/N-ethyl adjacent to an activating group) is 1. The second-order valence-electron chi connectivity index (χ2n) is 5.82. The fraction of sp³-hybridized carbons (Fsp3) is 0.333. The summed E-state index contributed by atoms with van der Waals surface area (Å²) in [5, 5.41) is 0.371.